The molecule has 1 atom stereocenters. The summed E-state index contributed by atoms with van der Waals surface area (Å²) in [6, 6.07) is 7.39. The zero-order chi connectivity index (χ0) is 19.6. The summed E-state index contributed by atoms with van der Waals surface area (Å²) in [7, 11) is 0. The molecule has 1 aliphatic heterocycles. The molecule has 144 valence electrons. The van der Waals surface area contributed by atoms with Crippen LogP contribution in [0, 0.1) is 20.8 Å². The van der Waals surface area contributed by atoms with Crippen molar-refractivity contribution in [3.8, 4) is 5.75 Å². The van der Waals surface area contributed by atoms with E-state index in [2.05, 4.69) is 14.9 Å². The fraction of sp³-hybridized carbons (Fsp3) is 0.450. The number of hydrogen-bond acceptors (Lipinski definition) is 5. The zero-order valence-corrected chi connectivity index (χ0v) is 17.0. The maximum absolute atomic E-state index is 12.8. The average Bonchev–Trinajstić information content (AvgIpc) is 2.62. The Labute approximate surface area is 165 Å². The van der Waals surface area contributed by atoms with Crippen LogP contribution in [0.15, 0.2) is 24.3 Å². The highest BCUT2D eigenvalue weighted by Gasteiger charge is 2.27. The monoisotopic (exact) mass is 388 g/mol. The number of piperazine rings is 1. The number of hydrogen-bond donors (Lipinski definition) is 0. The van der Waals surface area contributed by atoms with Gasteiger partial charge in [-0.1, -0.05) is 11.6 Å². The van der Waals surface area contributed by atoms with E-state index >= 15 is 0 Å². The lowest BCUT2D eigenvalue weighted by Crippen LogP contribution is -2.52. The van der Waals surface area contributed by atoms with Crippen LogP contribution in [0.5, 0.6) is 5.75 Å². The molecule has 6 nitrogen and oxygen atoms in total. The van der Waals surface area contributed by atoms with Gasteiger partial charge in [0.1, 0.15) is 17.4 Å². The maximum Gasteiger partial charge on any atom is 0.263 e. The van der Waals surface area contributed by atoms with Crippen LogP contribution < -0.4 is 9.64 Å². The average molecular weight is 389 g/mol. The minimum Gasteiger partial charge on any atom is -0.481 e. The molecule has 1 unspecified atom stereocenters. The summed E-state index contributed by atoms with van der Waals surface area (Å²) in [4.78, 5) is 25.6. The number of aryl methyl sites for hydroxylation is 3. The molecular formula is C20H25ClN4O2. The van der Waals surface area contributed by atoms with Crippen molar-refractivity contribution in [3.63, 3.8) is 0 Å². The van der Waals surface area contributed by atoms with Gasteiger partial charge in [-0.2, -0.15) is 0 Å². The van der Waals surface area contributed by atoms with E-state index in [1.54, 1.807) is 19.1 Å². The summed E-state index contributed by atoms with van der Waals surface area (Å²) >= 11 is 5.98. The molecule has 7 heteroatoms. The maximum atomic E-state index is 12.8. The lowest BCUT2D eigenvalue weighted by molar-refractivity contribution is -0.138. The van der Waals surface area contributed by atoms with Gasteiger partial charge in [0.05, 0.1) is 0 Å². The highest BCUT2D eigenvalue weighted by Crippen LogP contribution is 2.23. The molecule has 1 aromatic carbocycles. The number of aromatic nitrogens is 2. The molecule has 0 N–H and O–H groups in total. The summed E-state index contributed by atoms with van der Waals surface area (Å²) in [5.74, 6) is 2.38. The zero-order valence-electron chi connectivity index (χ0n) is 16.2. The molecule has 1 fully saturated rings. The van der Waals surface area contributed by atoms with Crippen LogP contribution in [0.2, 0.25) is 5.02 Å². The Morgan fingerprint density at radius 2 is 1.81 bits per heavy atom. The summed E-state index contributed by atoms with van der Waals surface area (Å²) in [6.07, 6.45) is -0.542. The molecule has 27 heavy (non-hydrogen) atoms. The molecular weight excluding hydrogens is 364 g/mol. The highest BCUT2D eigenvalue weighted by atomic mass is 35.5. The number of halogens is 1. The van der Waals surface area contributed by atoms with Gasteiger partial charge in [0.25, 0.3) is 5.91 Å². The Bertz CT molecular complexity index is 814. The van der Waals surface area contributed by atoms with Crippen molar-refractivity contribution in [2.24, 2.45) is 0 Å². The van der Waals surface area contributed by atoms with Crippen molar-refractivity contribution >= 4 is 23.3 Å². The highest BCUT2D eigenvalue weighted by molar-refractivity contribution is 6.30. The van der Waals surface area contributed by atoms with Gasteiger partial charge in [-0.3, -0.25) is 4.79 Å². The molecule has 2 heterocycles. The van der Waals surface area contributed by atoms with Gasteiger partial charge in [0, 0.05) is 43.0 Å². The Hall–Kier alpha value is -2.34. The number of anilines is 1. The van der Waals surface area contributed by atoms with E-state index in [1.807, 2.05) is 37.8 Å². The Balaban J connectivity index is 1.59. The first kappa shape index (κ1) is 19.4. The van der Waals surface area contributed by atoms with E-state index in [4.69, 9.17) is 16.3 Å². The minimum absolute atomic E-state index is 0.000881. The summed E-state index contributed by atoms with van der Waals surface area (Å²) in [5, 5.41) is 0.658. The van der Waals surface area contributed by atoms with Crippen molar-refractivity contribution in [3.05, 3.63) is 46.4 Å². The smallest absolute Gasteiger partial charge is 0.263 e. The van der Waals surface area contributed by atoms with E-state index in [1.165, 1.54) is 0 Å². The molecule has 0 spiro atoms. The van der Waals surface area contributed by atoms with Crippen LogP contribution in [0.1, 0.15) is 24.0 Å². The SMILES string of the molecule is Cc1cc(N2CCN(C(=O)C(C)Oc3ccc(Cl)cc3C)CC2)nc(C)n1. The molecule has 3 rings (SSSR count). The molecule has 1 aromatic heterocycles. The lowest BCUT2D eigenvalue weighted by atomic mass is 10.2. The van der Waals surface area contributed by atoms with Crippen molar-refractivity contribution < 1.29 is 9.53 Å². The van der Waals surface area contributed by atoms with Crippen LogP contribution in [0.4, 0.5) is 5.82 Å². The van der Waals surface area contributed by atoms with Crippen LogP contribution in [0.3, 0.4) is 0 Å². The van der Waals surface area contributed by atoms with Gasteiger partial charge in [0.2, 0.25) is 0 Å². The molecule has 1 amide bonds. The fourth-order valence-corrected chi connectivity index (χ4v) is 3.48. The molecule has 2 aromatic rings. The number of carbonyl (C=O) groups excluding carboxylic acids is 1. The van der Waals surface area contributed by atoms with Crippen LogP contribution in [-0.2, 0) is 4.79 Å². The number of carbonyl (C=O) groups is 1. The Morgan fingerprint density at radius 3 is 2.44 bits per heavy atom. The molecule has 1 saturated heterocycles. The van der Waals surface area contributed by atoms with Gasteiger partial charge in [0.15, 0.2) is 6.10 Å². The van der Waals surface area contributed by atoms with E-state index in [-0.39, 0.29) is 5.91 Å². The summed E-state index contributed by atoms with van der Waals surface area (Å²) < 4.78 is 5.87. The lowest BCUT2D eigenvalue weighted by Gasteiger charge is -2.36. The second-order valence-electron chi connectivity index (χ2n) is 6.90. The van der Waals surface area contributed by atoms with E-state index in [0.29, 0.717) is 23.9 Å². The van der Waals surface area contributed by atoms with Gasteiger partial charge < -0.3 is 14.5 Å². The van der Waals surface area contributed by atoms with E-state index in [9.17, 15) is 4.79 Å². The van der Waals surface area contributed by atoms with Crippen LogP contribution >= 0.6 is 11.6 Å². The minimum atomic E-state index is -0.542. The standard InChI is InChI=1S/C20H25ClN4O2/c1-13-11-17(21)5-6-18(13)27-15(3)20(26)25-9-7-24(8-10-25)19-12-14(2)22-16(4)23-19/h5-6,11-12,15H,7-10H2,1-4H3. The number of rotatable bonds is 4. The summed E-state index contributed by atoms with van der Waals surface area (Å²) in [6.45, 7) is 10.4. The molecule has 0 radical (unpaired) electrons. The second kappa shape index (κ2) is 8.13. The first-order chi connectivity index (χ1) is 12.8. The topological polar surface area (TPSA) is 58.6 Å². The van der Waals surface area contributed by atoms with Crippen LogP contribution in [-0.4, -0.2) is 53.1 Å². The second-order valence-corrected chi connectivity index (χ2v) is 7.33. The first-order valence-corrected chi connectivity index (χ1v) is 9.50. The number of benzene rings is 1. The van der Waals surface area contributed by atoms with Crippen molar-refractivity contribution in [2.75, 3.05) is 31.1 Å². The van der Waals surface area contributed by atoms with Gasteiger partial charge in [-0.25, -0.2) is 9.97 Å². The number of amides is 1. The molecule has 1 aliphatic rings. The molecule has 0 bridgehead atoms. The van der Waals surface area contributed by atoms with Crippen molar-refractivity contribution in [1.29, 1.82) is 0 Å². The molecule has 0 aliphatic carbocycles. The third-order valence-corrected chi connectivity index (χ3v) is 4.89. The molecule has 0 saturated carbocycles. The Kier molecular flexibility index (Phi) is 5.85. The third kappa shape index (κ3) is 4.69. The van der Waals surface area contributed by atoms with Crippen molar-refractivity contribution in [1.82, 2.24) is 14.9 Å². The number of nitrogens with zero attached hydrogens (tertiary/aromatic N) is 4. The number of ether oxygens (including phenoxy) is 1. The Morgan fingerprint density at radius 1 is 1.11 bits per heavy atom. The third-order valence-electron chi connectivity index (χ3n) is 4.66. The fourth-order valence-electron chi connectivity index (χ4n) is 3.26. The van der Waals surface area contributed by atoms with E-state index in [0.717, 1.165) is 36.0 Å². The van der Waals surface area contributed by atoms with Gasteiger partial charge >= 0.3 is 0 Å². The van der Waals surface area contributed by atoms with Crippen LogP contribution in [0.25, 0.3) is 0 Å². The van der Waals surface area contributed by atoms with Gasteiger partial charge in [-0.05, 0) is 51.5 Å². The largest absolute Gasteiger partial charge is 0.481 e. The summed E-state index contributed by atoms with van der Waals surface area (Å²) in [5.41, 5.74) is 1.87. The normalized spacial score (nSPS) is 15.6. The predicted octanol–water partition coefficient (Wildman–Crippen LogP) is 3.17. The van der Waals surface area contributed by atoms with Gasteiger partial charge in [-0.15, -0.1) is 0 Å². The quantitative estimate of drug-likeness (QED) is 0.805. The first-order valence-electron chi connectivity index (χ1n) is 9.12. The van der Waals surface area contributed by atoms with E-state index < -0.39 is 6.10 Å². The predicted molar refractivity (Wildman–Crippen MR) is 107 cm³/mol. The van der Waals surface area contributed by atoms with Crippen molar-refractivity contribution in [2.45, 2.75) is 33.8 Å².